The van der Waals surface area contributed by atoms with Crippen LogP contribution in [-0.4, -0.2) is 35.0 Å². The Morgan fingerprint density at radius 1 is 1.48 bits per heavy atom. The van der Waals surface area contributed by atoms with E-state index < -0.39 is 11.4 Å². The van der Waals surface area contributed by atoms with E-state index in [0.29, 0.717) is 36.4 Å². The van der Waals surface area contributed by atoms with Gasteiger partial charge >= 0.3 is 5.97 Å². The molecule has 0 radical (unpaired) electrons. The van der Waals surface area contributed by atoms with Gasteiger partial charge in [-0.25, -0.2) is 0 Å². The first kappa shape index (κ1) is 16.5. The maximum atomic E-state index is 12.6. The number of carboxylic acids is 1. The highest BCUT2D eigenvalue weighted by atomic mass is 127. The van der Waals surface area contributed by atoms with Crippen molar-refractivity contribution in [2.75, 3.05) is 13.1 Å². The first-order valence-corrected chi connectivity index (χ1v) is 8.33. The molecule has 0 bridgehead atoms. The predicted octanol–water partition coefficient (Wildman–Crippen LogP) is 3.66. The van der Waals surface area contributed by atoms with Gasteiger partial charge in [0.05, 0.1) is 10.4 Å². The lowest BCUT2D eigenvalue weighted by atomic mass is 9.77. The monoisotopic (exact) mass is 421 g/mol. The molecule has 1 aliphatic rings. The lowest BCUT2D eigenvalue weighted by Gasteiger charge is -2.39. The van der Waals surface area contributed by atoms with E-state index >= 15 is 0 Å². The number of carbonyl (C=O) groups is 2. The number of carboxylic acid groups (broad SMARTS) is 1. The molecule has 0 spiro atoms. The van der Waals surface area contributed by atoms with Crippen molar-refractivity contribution in [1.82, 2.24) is 4.90 Å². The topological polar surface area (TPSA) is 57.6 Å². The maximum absolute atomic E-state index is 12.6. The summed E-state index contributed by atoms with van der Waals surface area (Å²) >= 11 is 8.16. The summed E-state index contributed by atoms with van der Waals surface area (Å²) < 4.78 is 0.887. The van der Waals surface area contributed by atoms with Crippen LogP contribution >= 0.6 is 34.2 Å². The van der Waals surface area contributed by atoms with Crippen LogP contribution in [0.5, 0.6) is 0 Å². The zero-order valence-corrected chi connectivity index (χ0v) is 14.6. The normalized spacial score (nSPS) is 22.1. The number of likely N-dealkylation sites (tertiary alicyclic amines) is 1. The molecule has 1 unspecified atom stereocenters. The van der Waals surface area contributed by atoms with E-state index in [9.17, 15) is 14.7 Å². The number of hydrogen-bond donors (Lipinski definition) is 1. The Bertz CT molecular complexity index is 578. The van der Waals surface area contributed by atoms with Crippen LogP contribution in [0.2, 0.25) is 5.02 Å². The van der Waals surface area contributed by atoms with Crippen molar-refractivity contribution in [3.8, 4) is 0 Å². The van der Waals surface area contributed by atoms with Crippen LogP contribution in [0.4, 0.5) is 0 Å². The third kappa shape index (κ3) is 3.34. The van der Waals surface area contributed by atoms with Crippen LogP contribution in [-0.2, 0) is 4.79 Å². The van der Waals surface area contributed by atoms with Gasteiger partial charge in [-0.15, -0.1) is 0 Å². The molecule has 2 rings (SSSR count). The Balaban J connectivity index is 2.22. The molecule has 0 aromatic heterocycles. The highest BCUT2D eigenvalue weighted by molar-refractivity contribution is 14.1. The molecule has 6 heteroatoms. The molecule has 1 aromatic rings. The number of carbonyl (C=O) groups excluding carboxylic acids is 1. The van der Waals surface area contributed by atoms with Crippen molar-refractivity contribution in [3.63, 3.8) is 0 Å². The van der Waals surface area contributed by atoms with Crippen molar-refractivity contribution in [2.24, 2.45) is 5.41 Å². The number of halogens is 2. The van der Waals surface area contributed by atoms with Gasteiger partial charge in [0.15, 0.2) is 0 Å². The van der Waals surface area contributed by atoms with Crippen LogP contribution in [0.25, 0.3) is 0 Å². The molecule has 1 aromatic carbocycles. The fourth-order valence-electron chi connectivity index (χ4n) is 2.73. The summed E-state index contributed by atoms with van der Waals surface area (Å²) in [4.78, 5) is 25.8. The third-order valence-electron chi connectivity index (χ3n) is 4.16. The van der Waals surface area contributed by atoms with Gasteiger partial charge in [0.25, 0.3) is 5.91 Å². The van der Waals surface area contributed by atoms with Crippen LogP contribution in [0.15, 0.2) is 18.2 Å². The Morgan fingerprint density at radius 2 is 2.19 bits per heavy atom. The number of aliphatic carboxylic acids is 1. The number of benzene rings is 1. The first-order valence-electron chi connectivity index (χ1n) is 6.87. The third-order valence-corrected chi connectivity index (χ3v) is 5.73. The molecule has 1 N–H and O–H groups in total. The molecule has 4 nitrogen and oxygen atoms in total. The standard InChI is InChI=1S/C15H17ClINO3/c1-2-15(14(20)21)6-3-7-18(9-15)13(19)10-4-5-12(17)11(16)8-10/h4-5,8H,2-3,6-7,9H2,1H3,(H,20,21). The van der Waals surface area contributed by atoms with E-state index in [1.165, 1.54) is 0 Å². The molecule has 1 heterocycles. The molecular formula is C15H17ClINO3. The van der Waals surface area contributed by atoms with Crippen LogP contribution in [0.3, 0.4) is 0 Å². The van der Waals surface area contributed by atoms with E-state index in [1.54, 1.807) is 23.1 Å². The van der Waals surface area contributed by atoms with E-state index in [1.807, 2.05) is 6.92 Å². The average Bonchev–Trinajstić information content (AvgIpc) is 2.49. The second-order valence-electron chi connectivity index (χ2n) is 5.40. The van der Waals surface area contributed by atoms with Gasteiger partial charge in [-0.1, -0.05) is 18.5 Å². The molecule has 1 aliphatic heterocycles. The van der Waals surface area contributed by atoms with Crippen molar-refractivity contribution in [2.45, 2.75) is 26.2 Å². The van der Waals surface area contributed by atoms with Crippen molar-refractivity contribution < 1.29 is 14.7 Å². The molecule has 1 atom stereocenters. The summed E-state index contributed by atoms with van der Waals surface area (Å²) in [6.45, 7) is 2.72. The lowest BCUT2D eigenvalue weighted by molar-refractivity contribution is -0.152. The Hall–Kier alpha value is -0.820. The molecular weight excluding hydrogens is 405 g/mol. The number of nitrogens with zero attached hydrogens (tertiary/aromatic N) is 1. The average molecular weight is 422 g/mol. The van der Waals surface area contributed by atoms with E-state index in [0.717, 1.165) is 3.57 Å². The fraction of sp³-hybridized carbons (Fsp3) is 0.467. The van der Waals surface area contributed by atoms with Crippen molar-refractivity contribution in [1.29, 1.82) is 0 Å². The molecule has 1 saturated heterocycles. The Morgan fingerprint density at radius 3 is 2.76 bits per heavy atom. The maximum Gasteiger partial charge on any atom is 0.311 e. The summed E-state index contributed by atoms with van der Waals surface area (Å²) in [5, 5.41) is 10.0. The zero-order valence-electron chi connectivity index (χ0n) is 11.7. The minimum Gasteiger partial charge on any atom is -0.481 e. The van der Waals surface area contributed by atoms with Gasteiger partial charge in [-0.05, 0) is 60.1 Å². The van der Waals surface area contributed by atoms with Gasteiger partial charge in [-0.3, -0.25) is 9.59 Å². The van der Waals surface area contributed by atoms with Gasteiger partial charge in [0, 0.05) is 22.2 Å². The number of rotatable bonds is 3. The van der Waals surface area contributed by atoms with E-state index in [2.05, 4.69) is 22.6 Å². The SMILES string of the molecule is CCC1(C(=O)O)CCCN(C(=O)c2ccc(I)c(Cl)c2)C1. The number of amides is 1. The first-order chi connectivity index (χ1) is 9.89. The minimum absolute atomic E-state index is 0.146. The fourth-order valence-corrected chi connectivity index (χ4v) is 3.25. The zero-order chi connectivity index (χ0) is 15.6. The largest absolute Gasteiger partial charge is 0.481 e. The second kappa shape index (κ2) is 6.52. The highest BCUT2D eigenvalue weighted by Gasteiger charge is 2.42. The van der Waals surface area contributed by atoms with Crippen LogP contribution in [0.1, 0.15) is 36.5 Å². The Kier molecular flexibility index (Phi) is 5.14. The summed E-state index contributed by atoms with van der Waals surface area (Å²) in [6.07, 6.45) is 1.86. The summed E-state index contributed by atoms with van der Waals surface area (Å²) in [6, 6.07) is 5.18. The van der Waals surface area contributed by atoms with Crippen molar-refractivity contribution >= 4 is 46.1 Å². The lowest BCUT2D eigenvalue weighted by Crippen LogP contribution is -2.49. The molecule has 0 aliphatic carbocycles. The summed E-state index contributed by atoms with van der Waals surface area (Å²) in [5.74, 6) is -0.963. The van der Waals surface area contributed by atoms with Gasteiger partial charge in [0.2, 0.25) is 0 Å². The van der Waals surface area contributed by atoms with Crippen molar-refractivity contribution in [3.05, 3.63) is 32.4 Å². The number of piperidine rings is 1. The molecule has 21 heavy (non-hydrogen) atoms. The summed E-state index contributed by atoms with van der Waals surface area (Å²) in [7, 11) is 0. The molecule has 1 fully saturated rings. The van der Waals surface area contributed by atoms with Gasteiger partial charge in [0.1, 0.15) is 0 Å². The molecule has 1 amide bonds. The summed E-state index contributed by atoms with van der Waals surface area (Å²) in [5.41, 5.74) is -0.307. The van der Waals surface area contributed by atoms with E-state index in [-0.39, 0.29) is 12.5 Å². The van der Waals surface area contributed by atoms with E-state index in [4.69, 9.17) is 11.6 Å². The molecule has 114 valence electrons. The number of hydrogen-bond acceptors (Lipinski definition) is 2. The van der Waals surface area contributed by atoms with Gasteiger partial charge < -0.3 is 10.0 Å². The van der Waals surface area contributed by atoms with Gasteiger partial charge in [-0.2, -0.15) is 0 Å². The minimum atomic E-state index is -0.819. The predicted molar refractivity (Wildman–Crippen MR) is 89.7 cm³/mol. The highest BCUT2D eigenvalue weighted by Crippen LogP contribution is 2.34. The van der Waals surface area contributed by atoms with Crippen LogP contribution < -0.4 is 0 Å². The smallest absolute Gasteiger partial charge is 0.311 e. The molecule has 0 saturated carbocycles. The van der Waals surface area contributed by atoms with Crippen LogP contribution in [0, 0.1) is 8.99 Å². The quantitative estimate of drug-likeness (QED) is 0.758. The second-order valence-corrected chi connectivity index (χ2v) is 6.97. The Labute approximate surface area is 142 Å².